The Kier molecular flexibility index (Phi) is 8.58. The number of pyridine rings is 1. The van der Waals surface area contributed by atoms with Gasteiger partial charge in [-0.1, -0.05) is 159 Å². The molecule has 9 aromatic carbocycles. The zero-order chi connectivity index (χ0) is 42.9. The third-order valence-corrected chi connectivity index (χ3v) is 13.3. The maximum absolute atomic E-state index is 10.6. The summed E-state index contributed by atoms with van der Waals surface area (Å²) in [7, 11) is 0. The number of benzene rings is 9. The molecule has 11 aromatic rings. The number of para-hydroxylation sites is 1. The SMILES string of the molecule is CC1(C)c2ccccc2-c2cc3c4ccccc4n(-c4cc(-c5cc(C#N)cc(-c6cccc7ccccc67)c5)cc(-c5cc(-c6ccccc6)cc(-c6ccccc6)n5)c4)c3cc21. The summed E-state index contributed by atoms with van der Waals surface area (Å²) >= 11 is 0. The lowest BCUT2D eigenvalue weighted by atomic mass is 9.82. The maximum atomic E-state index is 10.6. The Bertz CT molecular complexity index is 3640. The minimum atomic E-state index is -0.167. The summed E-state index contributed by atoms with van der Waals surface area (Å²) < 4.78 is 2.44. The quantitative estimate of drug-likeness (QED) is 0.168. The first kappa shape index (κ1) is 37.4. The van der Waals surface area contributed by atoms with Crippen LogP contribution in [0.25, 0.3) is 105 Å². The van der Waals surface area contributed by atoms with Crippen molar-refractivity contribution in [2.75, 3.05) is 0 Å². The van der Waals surface area contributed by atoms with Crippen molar-refractivity contribution in [1.82, 2.24) is 9.55 Å². The van der Waals surface area contributed by atoms with Crippen LogP contribution in [-0.2, 0) is 5.41 Å². The van der Waals surface area contributed by atoms with E-state index in [1.807, 2.05) is 18.2 Å². The molecule has 0 unspecified atom stereocenters. The molecule has 0 atom stereocenters. The van der Waals surface area contributed by atoms with E-state index < -0.39 is 0 Å². The van der Waals surface area contributed by atoms with Crippen LogP contribution in [0.15, 0.2) is 212 Å². The Hall–Kier alpha value is -8.32. The van der Waals surface area contributed by atoms with Crippen LogP contribution in [0, 0.1) is 11.3 Å². The standard InChI is InChI=1S/C61H41N3/c1-61(2)55-26-13-11-23-51(55)53-36-54-52-24-12-14-27-59(52)64(60(54)37-56(53)61)48-32-44(43-28-39(38-62)29-46(30-43)50-25-15-21-41-18-9-10-22-49(41)50)31-47(33-48)58-35-45(40-16-5-3-6-17-40)34-57(63-58)42-19-7-4-8-20-42/h3-37H,1-2H3. The second-order valence-corrected chi connectivity index (χ2v) is 17.5. The van der Waals surface area contributed by atoms with E-state index in [1.165, 1.54) is 33.0 Å². The molecule has 0 saturated carbocycles. The van der Waals surface area contributed by atoms with Gasteiger partial charge in [-0.25, -0.2) is 4.98 Å². The third-order valence-electron chi connectivity index (χ3n) is 13.3. The largest absolute Gasteiger partial charge is 0.309 e. The summed E-state index contributed by atoms with van der Waals surface area (Å²) in [5, 5.41) is 15.3. The molecule has 2 heterocycles. The molecule has 0 spiro atoms. The van der Waals surface area contributed by atoms with E-state index in [0.717, 1.165) is 83.4 Å². The van der Waals surface area contributed by atoms with Gasteiger partial charge in [0.2, 0.25) is 0 Å². The zero-order valence-corrected chi connectivity index (χ0v) is 35.5. The van der Waals surface area contributed by atoms with Gasteiger partial charge in [-0.15, -0.1) is 0 Å². The van der Waals surface area contributed by atoms with Gasteiger partial charge in [0.15, 0.2) is 0 Å². The molecular formula is C61H41N3. The first-order valence-electron chi connectivity index (χ1n) is 21.9. The van der Waals surface area contributed by atoms with Crippen LogP contribution >= 0.6 is 0 Å². The summed E-state index contributed by atoms with van der Waals surface area (Å²) in [6, 6.07) is 78.4. The fourth-order valence-corrected chi connectivity index (χ4v) is 10.2. The molecule has 0 saturated heterocycles. The van der Waals surface area contributed by atoms with Gasteiger partial charge in [0.25, 0.3) is 0 Å². The molecule has 3 nitrogen and oxygen atoms in total. The predicted molar refractivity (Wildman–Crippen MR) is 266 cm³/mol. The lowest BCUT2D eigenvalue weighted by Gasteiger charge is -2.22. The van der Waals surface area contributed by atoms with Gasteiger partial charge in [0.05, 0.1) is 34.1 Å². The molecule has 12 rings (SSSR count). The number of hydrogen-bond acceptors (Lipinski definition) is 2. The zero-order valence-electron chi connectivity index (χ0n) is 35.5. The Balaban J connectivity index is 1.15. The Morgan fingerprint density at radius 2 is 1.00 bits per heavy atom. The predicted octanol–water partition coefficient (Wildman–Crippen LogP) is 15.8. The second kappa shape index (κ2) is 14.7. The summed E-state index contributed by atoms with van der Waals surface area (Å²) in [6.07, 6.45) is 0. The van der Waals surface area contributed by atoms with E-state index >= 15 is 0 Å². The lowest BCUT2D eigenvalue weighted by Crippen LogP contribution is -2.15. The van der Waals surface area contributed by atoms with Crippen LogP contribution in [0.4, 0.5) is 0 Å². The number of rotatable bonds is 6. The molecule has 0 amide bonds. The Morgan fingerprint density at radius 3 is 1.81 bits per heavy atom. The van der Waals surface area contributed by atoms with Crippen LogP contribution in [0.5, 0.6) is 0 Å². The van der Waals surface area contributed by atoms with Crippen molar-refractivity contribution in [2.45, 2.75) is 19.3 Å². The summed E-state index contributed by atoms with van der Waals surface area (Å²) in [5.74, 6) is 0. The molecule has 0 N–H and O–H groups in total. The van der Waals surface area contributed by atoms with Crippen molar-refractivity contribution in [3.63, 3.8) is 0 Å². The Labute approximate surface area is 372 Å². The third kappa shape index (κ3) is 6.07. The van der Waals surface area contributed by atoms with Gasteiger partial charge in [-0.05, 0) is 133 Å². The summed E-state index contributed by atoms with van der Waals surface area (Å²) in [4.78, 5) is 5.44. The molecule has 0 bridgehead atoms. The minimum absolute atomic E-state index is 0.167. The lowest BCUT2D eigenvalue weighted by molar-refractivity contribution is 0.661. The smallest absolute Gasteiger partial charge is 0.0992 e. The highest BCUT2D eigenvalue weighted by Crippen LogP contribution is 2.51. The normalized spacial score (nSPS) is 12.6. The van der Waals surface area contributed by atoms with E-state index in [2.05, 4.69) is 219 Å². The molecule has 1 aliphatic carbocycles. The van der Waals surface area contributed by atoms with Crippen LogP contribution in [0.1, 0.15) is 30.5 Å². The van der Waals surface area contributed by atoms with Gasteiger partial charge in [0.1, 0.15) is 0 Å². The van der Waals surface area contributed by atoms with E-state index in [0.29, 0.717) is 5.56 Å². The van der Waals surface area contributed by atoms with Crippen molar-refractivity contribution in [3.8, 4) is 78.8 Å². The highest BCUT2D eigenvalue weighted by Gasteiger charge is 2.36. The molecule has 1 aliphatic rings. The summed E-state index contributed by atoms with van der Waals surface area (Å²) in [6.45, 7) is 4.70. The molecule has 0 fully saturated rings. The fraction of sp³-hybridized carbons (Fsp3) is 0.0492. The van der Waals surface area contributed by atoms with Gasteiger partial charge in [-0.3, -0.25) is 0 Å². The number of hydrogen-bond donors (Lipinski definition) is 0. The van der Waals surface area contributed by atoms with Crippen molar-refractivity contribution in [3.05, 3.63) is 229 Å². The minimum Gasteiger partial charge on any atom is -0.309 e. The van der Waals surface area contributed by atoms with Crippen LogP contribution < -0.4 is 0 Å². The molecule has 3 heteroatoms. The number of aromatic nitrogens is 2. The van der Waals surface area contributed by atoms with Gasteiger partial charge in [-0.2, -0.15) is 5.26 Å². The average molecular weight is 816 g/mol. The molecule has 0 radical (unpaired) electrons. The van der Waals surface area contributed by atoms with E-state index in [4.69, 9.17) is 4.98 Å². The van der Waals surface area contributed by atoms with Crippen LogP contribution in [0.2, 0.25) is 0 Å². The van der Waals surface area contributed by atoms with Crippen LogP contribution in [0.3, 0.4) is 0 Å². The number of nitrogens with zero attached hydrogens (tertiary/aromatic N) is 3. The molecule has 64 heavy (non-hydrogen) atoms. The highest BCUT2D eigenvalue weighted by molar-refractivity contribution is 6.12. The van der Waals surface area contributed by atoms with Gasteiger partial charge in [0, 0.05) is 33.0 Å². The molecule has 300 valence electrons. The second-order valence-electron chi connectivity index (χ2n) is 17.5. The summed E-state index contributed by atoms with van der Waals surface area (Å²) in [5.41, 5.74) is 19.1. The van der Waals surface area contributed by atoms with Crippen molar-refractivity contribution in [1.29, 1.82) is 5.26 Å². The Morgan fingerprint density at radius 1 is 0.406 bits per heavy atom. The number of fused-ring (bicyclic) bond motifs is 7. The highest BCUT2D eigenvalue weighted by atomic mass is 15.0. The first-order valence-corrected chi connectivity index (χ1v) is 21.9. The van der Waals surface area contributed by atoms with Crippen molar-refractivity contribution in [2.24, 2.45) is 0 Å². The first-order chi connectivity index (χ1) is 31.4. The monoisotopic (exact) mass is 815 g/mol. The van der Waals surface area contributed by atoms with Crippen molar-refractivity contribution < 1.29 is 0 Å². The average Bonchev–Trinajstić information content (AvgIpc) is 3.80. The topological polar surface area (TPSA) is 41.6 Å². The fourth-order valence-electron chi connectivity index (χ4n) is 10.2. The molecule has 2 aromatic heterocycles. The molecular weight excluding hydrogens is 775 g/mol. The van der Waals surface area contributed by atoms with E-state index in [1.54, 1.807) is 0 Å². The molecule has 0 aliphatic heterocycles. The van der Waals surface area contributed by atoms with Crippen molar-refractivity contribution >= 4 is 32.6 Å². The van der Waals surface area contributed by atoms with E-state index in [9.17, 15) is 5.26 Å². The van der Waals surface area contributed by atoms with Crippen LogP contribution in [-0.4, -0.2) is 9.55 Å². The van der Waals surface area contributed by atoms with E-state index in [-0.39, 0.29) is 5.41 Å². The maximum Gasteiger partial charge on any atom is 0.0992 e. The van der Waals surface area contributed by atoms with Gasteiger partial charge >= 0.3 is 0 Å². The number of nitriles is 1. The van der Waals surface area contributed by atoms with Gasteiger partial charge < -0.3 is 4.57 Å².